The van der Waals surface area contributed by atoms with E-state index in [9.17, 15) is 0 Å². The Balaban J connectivity index is 1.83. The second kappa shape index (κ2) is 6.51. The Bertz CT molecular complexity index is 614. The van der Waals surface area contributed by atoms with E-state index in [1.165, 1.54) is 17.5 Å². The van der Waals surface area contributed by atoms with Crippen LogP contribution in [0.2, 0.25) is 5.02 Å². The van der Waals surface area contributed by atoms with Gasteiger partial charge >= 0.3 is 0 Å². The number of hydrogen-bond donors (Lipinski definition) is 1. The smallest absolute Gasteiger partial charge is 0.0417 e. The van der Waals surface area contributed by atoms with Gasteiger partial charge in [0.05, 0.1) is 0 Å². The lowest BCUT2D eigenvalue weighted by atomic mass is 9.98. The average molecular weight is 365 g/mol. The molecule has 1 nitrogen and oxygen atoms in total. The molecule has 3 heteroatoms. The highest BCUT2D eigenvalue weighted by atomic mass is 79.9. The van der Waals surface area contributed by atoms with Crippen LogP contribution in [0.15, 0.2) is 53.0 Å². The van der Waals surface area contributed by atoms with E-state index in [2.05, 4.69) is 64.6 Å². The quantitative estimate of drug-likeness (QED) is 0.732. The molecule has 3 atom stereocenters. The minimum atomic E-state index is 0.381. The van der Waals surface area contributed by atoms with E-state index in [4.69, 9.17) is 11.6 Å². The maximum Gasteiger partial charge on any atom is 0.0417 e. The summed E-state index contributed by atoms with van der Waals surface area (Å²) in [6, 6.07) is 17.3. The van der Waals surface area contributed by atoms with Gasteiger partial charge in [0.25, 0.3) is 0 Å². The first-order valence-corrected chi connectivity index (χ1v) is 8.61. The molecule has 0 saturated heterocycles. The van der Waals surface area contributed by atoms with Crippen molar-refractivity contribution >= 4 is 27.5 Å². The van der Waals surface area contributed by atoms with Crippen molar-refractivity contribution in [1.82, 2.24) is 5.32 Å². The molecule has 2 aromatic rings. The first kappa shape index (κ1) is 15.1. The minimum absolute atomic E-state index is 0.381. The summed E-state index contributed by atoms with van der Waals surface area (Å²) in [7, 11) is 0. The fraction of sp³-hybridized carbons (Fsp3) is 0.333. The standard InChI is InChI=1S/C18H19BrClN/c1-2-21-18(14-9-8-13(20)10-17(14)19)16-11-15(16)12-6-4-3-5-7-12/h3-10,15-16,18,21H,2,11H2,1H3. The van der Waals surface area contributed by atoms with Crippen LogP contribution in [-0.2, 0) is 0 Å². The average Bonchev–Trinajstić information content (AvgIpc) is 3.27. The third kappa shape index (κ3) is 3.33. The van der Waals surface area contributed by atoms with Crippen molar-refractivity contribution in [1.29, 1.82) is 0 Å². The molecular weight excluding hydrogens is 346 g/mol. The summed E-state index contributed by atoms with van der Waals surface area (Å²) in [5.41, 5.74) is 2.76. The molecule has 1 saturated carbocycles. The van der Waals surface area contributed by atoms with Crippen LogP contribution >= 0.6 is 27.5 Å². The van der Waals surface area contributed by atoms with E-state index >= 15 is 0 Å². The topological polar surface area (TPSA) is 12.0 Å². The minimum Gasteiger partial charge on any atom is -0.310 e. The van der Waals surface area contributed by atoms with Crippen LogP contribution < -0.4 is 5.32 Å². The molecular formula is C18H19BrClN. The van der Waals surface area contributed by atoms with Gasteiger partial charge in [-0.25, -0.2) is 0 Å². The van der Waals surface area contributed by atoms with Crippen molar-refractivity contribution in [2.75, 3.05) is 6.54 Å². The van der Waals surface area contributed by atoms with Gasteiger partial charge in [-0.1, -0.05) is 70.9 Å². The maximum atomic E-state index is 6.07. The normalized spacial score (nSPS) is 22.0. The van der Waals surface area contributed by atoms with E-state index in [0.29, 0.717) is 17.9 Å². The lowest BCUT2D eigenvalue weighted by Crippen LogP contribution is -2.23. The SMILES string of the molecule is CCNC(c1ccc(Cl)cc1Br)C1CC1c1ccccc1. The fourth-order valence-corrected chi connectivity index (χ4v) is 4.06. The van der Waals surface area contributed by atoms with Crippen molar-refractivity contribution in [2.45, 2.75) is 25.3 Å². The summed E-state index contributed by atoms with van der Waals surface area (Å²) in [5, 5.41) is 4.42. The number of nitrogens with one attached hydrogen (secondary N) is 1. The molecule has 0 bridgehead atoms. The molecule has 1 aliphatic rings. The van der Waals surface area contributed by atoms with Gasteiger partial charge in [-0.05, 0) is 48.1 Å². The van der Waals surface area contributed by atoms with E-state index in [1.807, 2.05) is 12.1 Å². The summed E-state index contributed by atoms with van der Waals surface area (Å²) in [6.07, 6.45) is 1.25. The lowest BCUT2D eigenvalue weighted by molar-refractivity contribution is 0.485. The van der Waals surface area contributed by atoms with E-state index in [-0.39, 0.29) is 0 Å². The van der Waals surface area contributed by atoms with Crippen molar-refractivity contribution in [3.05, 3.63) is 69.2 Å². The number of rotatable bonds is 5. The Labute approximate surface area is 139 Å². The molecule has 3 unspecified atom stereocenters. The monoisotopic (exact) mass is 363 g/mol. The predicted octanol–water partition coefficient (Wildman–Crippen LogP) is 5.56. The van der Waals surface area contributed by atoms with Gasteiger partial charge < -0.3 is 5.32 Å². The molecule has 0 spiro atoms. The third-order valence-electron chi connectivity index (χ3n) is 4.22. The largest absolute Gasteiger partial charge is 0.310 e. The molecule has 0 aliphatic heterocycles. The number of halogens is 2. The van der Waals surface area contributed by atoms with Crippen LogP contribution in [-0.4, -0.2) is 6.54 Å². The van der Waals surface area contributed by atoms with Crippen molar-refractivity contribution in [3.63, 3.8) is 0 Å². The molecule has 1 fully saturated rings. The Morgan fingerprint density at radius 1 is 1.24 bits per heavy atom. The summed E-state index contributed by atoms with van der Waals surface area (Å²) in [6.45, 7) is 3.13. The van der Waals surface area contributed by atoms with Gasteiger partial charge in [-0.15, -0.1) is 0 Å². The molecule has 1 aliphatic carbocycles. The molecule has 110 valence electrons. The van der Waals surface area contributed by atoms with Crippen LogP contribution in [0, 0.1) is 5.92 Å². The molecule has 21 heavy (non-hydrogen) atoms. The van der Waals surface area contributed by atoms with Crippen molar-refractivity contribution in [2.24, 2.45) is 5.92 Å². The molecule has 0 heterocycles. The second-order valence-corrected chi connectivity index (χ2v) is 6.91. The lowest BCUT2D eigenvalue weighted by Gasteiger charge is -2.20. The van der Waals surface area contributed by atoms with Gasteiger partial charge in [0.2, 0.25) is 0 Å². The zero-order chi connectivity index (χ0) is 14.8. The summed E-state index contributed by atoms with van der Waals surface area (Å²) >= 11 is 9.73. The van der Waals surface area contributed by atoms with Crippen molar-refractivity contribution < 1.29 is 0 Å². The van der Waals surface area contributed by atoms with Crippen molar-refractivity contribution in [3.8, 4) is 0 Å². The van der Waals surface area contributed by atoms with Crippen LogP contribution in [0.1, 0.15) is 36.4 Å². The Hall–Kier alpha value is -0.830. The van der Waals surface area contributed by atoms with Gasteiger partial charge in [0.15, 0.2) is 0 Å². The summed E-state index contributed by atoms with van der Waals surface area (Å²) in [5.74, 6) is 1.32. The van der Waals surface area contributed by atoms with E-state index in [0.717, 1.165) is 16.0 Å². The fourth-order valence-electron chi connectivity index (χ4n) is 3.13. The zero-order valence-corrected chi connectivity index (χ0v) is 14.4. The molecule has 0 aromatic heterocycles. The number of hydrogen-bond acceptors (Lipinski definition) is 1. The van der Waals surface area contributed by atoms with Gasteiger partial charge in [0.1, 0.15) is 0 Å². The Morgan fingerprint density at radius 3 is 2.67 bits per heavy atom. The molecule has 3 rings (SSSR count). The second-order valence-electron chi connectivity index (χ2n) is 5.62. The summed E-state index contributed by atoms with van der Waals surface area (Å²) < 4.78 is 1.10. The van der Waals surface area contributed by atoms with Gasteiger partial charge in [0, 0.05) is 15.5 Å². The van der Waals surface area contributed by atoms with Crippen LogP contribution in [0.5, 0.6) is 0 Å². The molecule has 0 radical (unpaired) electrons. The molecule has 1 N–H and O–H groups in total. The highest BCUT2D eigenvalue weighted by molar-refractivity contribution is 9.10. The maximum absolute atomic E-state index is 6.07. The molecule has 2 aromatic carbocycles. The van der Waals surface area contributed by atoms with E-state index < -0.39 is 0 Å². The van der Waals surface area contributed by atoms with Crippen LogP contribution in [0.3, 0.4) is 0 Å². The van der Waals surface area contributed by atoms with E-state index in [1.54, 1.807) is 0 Å². The van der Waals surface area contributed by atoms with Gasteiger partial charge in [-0.2, -0.15) is 0 Å². The predicted molar refractivity (Wildman–Crippen MR) is 92.9 cm³/mol. The van der Waals surface area contributed by atoms with Gasteiger partial charge in [-0.3, -0.25) is 0 Å². The Morgan fingerprint density at radius 2 is 2.00 bits per heavy atom. The Kier molecular flexibility index (Phi) is 4.68. The highest BCUT2D eigenvalue weighted by Crippen LogP contribution is 2.54. The highest BCUT2D eigenvalue weighted by Gasteiger charge is 2.44. The third-order valence-corrected chi connectivity index (χ3v) is 5.14. The first-order chi connectivity index (χ1) is 10.2. The summed E-state index contributed by atoms with van der Waals surface area (Å²) in [4.78, 5) is 0. The first-order valence-electron chi connectivity index (χ1n) is 7.44. The van der Waals surface area contributed by atoms with Crippen LogP contribution in [0.4, 0.5) is 0 Å². The molecule has 0 amide bonds. The van der Waals surface area contributed by atoms with Crippen LogP contribution in [0.25, 0.3) is 0 Å². The number of benzene rings is 2. The zero-order valence-electron chi connectivity index (χ0n) is 12.0.